The monoisotopic (exact) mass is 378 g/mol. The number of carbonyl (C=O) groups is 1. The minimum absolute atomic E-state index is 0.00132. The number of halogens is 4. The van der Waals surface area contributed by atoms with Crippen molar-refractivity contribution in [2.24, 2.45) is 0 Å². The van der Waals surface area contributed by atoms with Crippen LogP contribution < -0.4 is 10.2 Å². The largest absolute Gasteiger partial charge is 0.411 e. The van der Waals surface area contributed by atoms with Gasteiger partial charge in [0, 0.05) is 19.6 Å². The van der Waals surface area contributed by atoms with Crippen LogP contribution in [0.25, 0.3) is 0 Å². The van der Waals surface area contributed by atoms with Gasteiger partial charge in [0.2, 0.25) is 5.91 Å². The third kappa shape index (κ3) is 6.45. The highest BCUT2D eigenvalue weighted by Crippen LogP contribution is 2.24. The lowest BCUT2D eigenvalue weighted by atomic mass is 10.1. The first kappa shape index (κ1) is 20.4. The molecule has 0 radical (unpaired) electrons. The van der Waals surface area contributed by atoms with Crippen molar-refractivity contribution < 1.29 is 31.8 Å². The van der Waals surface area contributed by atoms with Crippen molar-refractivity contribution in [1.82, 2.24) is 5.32 Å². The van der Waals surface area contributed by atoms with Crippen LogP contribution in [0.4, 0.5) is 23.2 Å². The highest BCUT2D eigenvalue weighted by molar-refractivity contribution is 5.77. The van der Waals surface area contributed by atoms with Crippen molar-refractivity contribution in [2.45, 2.75) is 38.8 Å². The van der Waals surface area contributed by atoms with Crippen LogP contribution in [0.1, 0.15) is 19.4 Å². The number of hydrogen-bond donors (Lipinski definition) is 1. The number of nitrogens with zero attached hydrogens (tertiary/aromatic N) is 1. The van der Waals surface area contributed by atoms with E-state index in [2.05, 4.69) is 10.1 Å². The predicted molar refractivity (Wildman–Crippen MR) is 87.3 cm³/mol. The van der Waals surface area contributed by atoms with Crippen LogP contribution in [0, 0.1) is 5.82 Å². The van der Waals surface area contributed by atoms with Crippen LogP contribution in [0.15, 0.2) is 18.2 Å². The summed E-state index contributed by atoms with van der Waals surface area (Å²) in [5.74, 6) is -1.12. The van der Waals surface area contributed by atoms with Gasteiger partial charge in [0.05, 0.1) is 17.9 Å². The van der Waals surface area contributed by atoms with E-state index < -0.39 is 31.1 Å². The summed E-state index contributed by atoms with van der Waals surface area (Å²) in [4.78, 5) is 13.4. The van der Waals surface area contributed by atoms with Crippen LogP contribution in [-0.2, 0) is 20.8 Å². The third-order valence-electron chi connectivity index (χ3n) is 3.76. The normalized spacial score (nSPS) is 20.9. The summed E-state index contributed by atoms with van der Waals surface area (Å²) in [5.41, 5.74) is 0.959. The number of hydrogen-bond acceptors (Lipinski definition) is 4. The molecule has 1 aromatic carbocycles. The van der Waals surface area contributed by atoms with E-state index in [-0.39, 0.29) is 18.8 Å². The molecule has 2 atom stereocenters. The molecular formula is C17H22F4N2O3. The standard InChI is InChI=1S/C17H22F4N2O3/c1-11-7-23(8-12(2)26-11)15-4-3-13(5-14(15)18)6-22-16(24)9-25-10-17(19,20)21/h3-5,11-12H,6-10H2,1-2H3,(H,22,24). The van der Waals surface area contributed by atoms with Crippen molar-refractivity contribution in [2.75, 3.05) is 31.2 Å². The zero-order valence-electron chi connectivity index (χ0n) is 14.6. The SMILES string of the molecule is CC1CN(c2ccc(CNC(=O)COCC(F)(F)F)cc2F)CC(C)O1. The van der Waals surface area contributed by atoms with E-state index in [9.17, 15) is 22.4 Å². The van der Waals surface area contributed by atoms with Gasteiger partial charge in [-0.25, -0.2) is 4.39 Å². The molecule has 0 aliphatic carbocycles. The second-order valence-electron chi connectivity index (χ2n) is 6.33. The lowest BCUT2D eigenvalue weighted by Crippen LogP contribution is -2.45. The molecule has 2 unspecified atom stereocenters. The quantitative estimate of drug-likeness (QED) is 0.774. The molecule has 1 amide bonds. The average molecular weight is 378 g/mol. The number of alkyl halides is 3. The van der Waals surface area contributed by atoms with E-state index >= 15 is 0 Å². The molecule has 0 bridgehead atoms. The van der Waals surface area contributed by atoms with Gasteiger partial charge in [-0.2, -0.15) is 13.2 Å². The topological polar surface area (TPSA) is 50.8 Å². The van der Waals surface area contributed by atoms with Gasteiger partial charge in [0.15, 0.2) is 0 Å². The number of carbonyl (C=O) groups excluding carboxylic acids is 1. The molecular weight excluding hydrogens is 356 g/mol. The molecule has 1 fully saturated rings. The Balaban J connectivity index is 1.86. The summed E-state index contributed by atoms with van der Waals surface area (Å²) in [7, 11) is 0. The van der Waals surface area contributed by atoms with Crippen LogP contribution in [-0.4, -0.2) is 50.6 Å². The van der Waals surface area contributed by atoms with E-state index in [0.29, 0.717) is 24.3 Å². The molecule has 0 saturated carbocycles. The van der Waals surface area contributed by atoms with Crippen molar-refractivity contribution in [1.29, 1.82) is 0 Å². The van der Waals surface area contributed by atoms with Crippen molar-refractivity contribution in [3.63, 3.8) is 0 Å². The molecule has 9 heteroatoms. The third-order valence-corrected chi connectivity index (χ3v) is 3.76. The lowest BCUT2D eigenvalue weighted by molar-refractivity contribution is -0.175. The van der Waals surface area contributed by atoms with E-state index in [4.69, 9.17) is 4.74 Å². The molecule has 146 valence electrons. The first-order valence-electron chi connectivity index (χ1n) is 8.24. The number of rotatable bonds is 6. The molecule has 1 aliphatic heterocycles. The smallest absolute Gasteiger partial charge is 0.372 e. The Bertz CT molecular complexity index is 615. The number of ether oxygens (including phenoxy) is 2. The van der Waals surface area contributed by atoms with Gasteiger partial charge < -0.3 is 19.7 Å². The number of amides is 1. The second-order valence-corrected chi connectivity index (χ2v) is 6.33. The molecule has 5 nitrogen and oxygen atoms in total. The maximum absolute atomic E-state index is 14.4. The Hall–Kier alpha value is -1.87. The van der Waals surface area contributed by atoms with Crippen LogP contribution in [0.2, 0.25) is 0 Å². The first-order chi connectivity index (χ1) is 12.1. The molecule has 1 N–H and O–H groups in total. The van der Waals surface area contributed by atoms with E-state index in [0.717, 1.165) is 0 Å². The molecule has 1 aliphatic rings. The van der Waals surface area contributed by atoms with Crippen LogP contribution in [0.3, 0.4) is 0 Å². The molecule has 0 spiro atoms. The average Bonchev–Trinajstić information content (AvgIpc) is 2.50. The fraction of sp³-hybridized carbons (Fsp3) is 0.588. The fourth-order valence-corrected chi connectivity index (χ4v) is 2.80. The highest BCUT2D eigenvalue weighted by atomic mass is 19.4. The van der Waals surface area contributed by atoms with Crippen LogP contribution >= 0.6 is 0 Å². The first-order valence-corrected chi connectivity index (χ1v) is 8.24. The zero-order chi connectivity index (χ0) is 19.3. The van der Waals surface area contributed by atoms with Gasteiger partial charge >= 0.3 is 6.18 Å². The molecule has 26 heavy (non-hydrogen) atoms. The lowest BCUT2D eigenvalue weighted by Gasteiger charge is -2.37. The van der Waals surface area contributed by atoms with Gasteiger partial charge in [-0.1, -0.05) is 6.07 Å². The summed E-state index contributed by atoms with van der Waals surface area (Å²) < 4.78 is 60.1. The second kappa shape index (κ2) is 8.68. The number of morpholine rings is 1. The van der Waals surface area contributed by atoms with Crippen molar-refractivity contribution >= 4 is 11.6 Å². The molecule has 1 saturated heterocycles. The highest BCUT2D eigenvalue weighted by Gasteiger charge is 2.28. The number of nitrogens with one attached hydrogen (secondary N) is 1. The maximum Gasteiger partial charge on any atom is 0.411 e. The van der Waals surface area contributed by atoms with E-state index in [1.807, 2.05) is 18.7 Å². The minimum Gasteiger partial charge on any atom is -0.372 e. The zero-order valence-corrected chi connectivity index (χ0v) is 14.6. The Morgan fingerprint density at radius 1 is 1.31 bits per heavy atom. The summed E-state index contributed by atoms with van der Waals surface area (Å²) in [5, 5.41) is 2.39. The van der Waals surface area contributed by atoms with E-state index in [1.54, 1.807) is 12.1 Å². The van der Waals surface area contributed by atoms with Gasteiger partial charge in [-0.3, -0.25) is 4.79 Å². The summed E-state index contributed by atoms with van der Waals surface area (Å²) in [6.45, 7) is 2.81. The van der Waals surface area contributed by atoms with Crippen molar-refractivity contribution in [3.8, 4) is 0 Å². The summed E-state index contributed by atoms with van der Waals surface area (Å²) >= 11 is 0. The van der Waals surface area contributed by atoms with Gasteiger partial charge in [-0.15, -0.1) is 0 Å². The maximum atomic E-state index is 14.4. The summed E-state index contributed by atoms with van der Waals surface area (Å²) in [6.07, 6.45) is -4.49. The number of anilines is 1. The van der Waals surface area contributed by atoms with E-state index in [1.165, 1.54) is 6.07 Å². The number of benzene rings is 1. The Kier molecular flexibility index (Phi) is 6.82. The molecule has 1 heterocycles. The minimum atomic E-state index is -4.48. The fourth-order valence-electron chi connectivity index (χ4n) is 2.80. The Morgan fingerprint density at radius 3 is 2.54 bits per heavy atom. The molecule has 1 aromatic rings. The Morgan fingerprint density at radius 2 is 1.96 bits per heavy atom. The van der Waals surface area contributed by atoms with Crippen molar-refractivity contribution in [3.05, 3.63) is 29.6 Å². The molecule has 2 rings (SSSR count). The molecule has 0 aromatic heterocycles. The van der Waals surface area contributed by atoms with Crippen LogP contribution in [0.5, 0.6) is 0 Å². The predicted octanol–water partition coefficient (Wildman–Crippen LogP) is 2.63. The van der Waals surface area contributed by atoms with Gasteiger partial charge in [-0.05, 0) is 31.5 Å². The van der Waals surface area contributed by atoms with Gasteiger partial charge in [0.1, 0.15) is 19.0 Å². The summed E-state index contributed by atoms with van der Waals surface area (Å²) in [6, 6.07) is 4.60. The van der Waals surface area contributed by atoms with Gasteiger partial charge in [0.25, 0.3) is 0 Å². The Labute approximate surface area is 149 Å².